The second kappa shape index (κ2) is 9.59. The van der Waals surface area contributed by atoms with E-state index < -0.39 is 6.10 Å². The van der Waals surface area contributed by atoms with Crippen molar-refractivity contribution >= 4 is 40.8 Å². The minimum absolute atomic E-state index is 0.00320. The molecular weight excluding hydrogens is 475 g/mol. The molecule has 1 N–H and O–H groups in total. The third kappa shape index (κ3) is 4.80. The van der Waals surface area contributed by atoms with Crippen LogP contribution in [0, 0.1) is 5.92 Å². The summed E-state index contributed by atoms with van der Waals surface area (Å²) in [7, 11) is 0. The maximum Gasteiger partial charge on any atom is 0.261 e. The summed E-state index contributed by atoms with van der Waals surface area (Å²) >= 11 is 11.9. The van der Waals surface area contributed by atoms with Crippen molar-refractivity contribution < 1.29 is 19.1 Å². The maximum atomic E-state index is 12.9. The summed E-state index contributed by atoms with van der Waals surface area (Å²) in [6, 6.07) is 12.7. The van der Waals surface area contributed by atoms with Crippen LogP contribution in [-0.4, -0.2) is 47.7 Å². The van der Waals surface area contributed by atoms with E-state index in [2.05, 4.69) is 5.32 Å². The topological polar surface area (TPSA) is 75.7 Å². The standard InChI is InChI=1S/C26H26Cl2N2O4/c27-18-5-1-15(2-6-18)17-13-30(14-17)26(33)16-3-8-20(9-4-16)29-25(32)24-12-22(31)21-11-19(28)7-10-23(21)34-24/h1-2,5-7,10-11,16-17,20,24H,3-4,8-9,12-14H2,(H,29,32)/t16-,20-,24-/m1/s1. The lowest BCUT2D eigenvalue weighted by molar-refractivity contribution is -0.141. The van der Waals surface area contributed by atoms with E-state index in [-0.39, 0.29) is 36.0 Å². The molecule has 2 amide bonds. The Morgan fingerprint density at radius 3 is 2.32 bits per heavy atom. The molecule has 2 aromatic carbocycles. The maximum absolute atomic E-state index is 12.9. The number of nitrogens with one attached hydrogen (secondary N) is 1. The van der Waals surface area contributed by atoms with Gasteiger partial charge in [0, 0.05) is 41.0 Å². The third-order valence-electron chi connectivity index (χ3n) is 7.13. The highest BCUT2D eigenvalue weighted by molar-refractivity contribution is 6.31. The number of hydrogen-bond donors (Lipinski definition) is 1. The first-order valence-electron chi connectivity index (χ1n) is 11.7. The molecule has 34 heavy (non-hydrogen) atoms. The highest BCUT2D eigenvalue weighted by atomic mass is 35.5. The monoisotopic (exact) mass is 500 g/mol. The quantitative estimate of drug-likeness (QED) is 0.663. The van der Waals surface area contributed by atoms with Crippen LogP contribution in [0.4, 0.5) is 0 Å². The Kier molecular flexibility index (Phi) is 6.54. The zero-order chi connectivity index (χ0) is 23.8. The first-order chi connectivity index (χ1) is 16.4. The highest BCUT2D eigenvalue weighted by Crippen LogP contribution is 2.34. The van der Waals surface area contributed by atoms with Gasteiger partial charge in [0.2, 0.25) is 5.91 Å². The number of nitrogens with zero attached hydrogens (tertiary/aromatic N) is 1. The first-order valence-corrected chi connectivity index (χ1v) is 12.5. The van der Waals surface area contributed by atoms with Crippen LogP contribution in [0.2, 0.25) is 10.0 Å². The molecule has 2 aliphatic heterocycles. The van der Waals surface area contributed by atoms with Crippen molar-refractivity contribution in [3.05, 3.63) is 63.6 Å². The molecule has 0 aromatic heterocycles. The van der Waals surface area contributed by atoms with Crippen molar-refractivity contribution in [3.8, 4) is 5.75 Å². The largest absolute Gasteiger partial charge is 0.479 e. The van der Waals surface area contributed by atoms with Gasteiger partial charge in [0.25, 0.3) is 5.91 Å². The Morgan fingerprint density at radius 2 is 1.62 bits per heavy atom. The van der Waals surface area contributed by atoms with Gasteiger partial charge in [-0.05, 0) is 61.6 Å². The molecule has 0 bridgehead atoms. The number of likely N-dealkylation sites (tertiary alicyclic amines) is 1. The van der Waals surface area contributed by atoms with Gasteiger partial charge in [-0.2, -0.15) is 0 Å². The number of hydrogen-bond acceptors (Lipinski definition) is 4. The molecular formula is C26H26Cl2N2O4. The number of ketones is 1. The van der Waals surface area contributed by atoms with Crippen molar-refractivity contribution in [2.24, 2.45) is 5.92 Å². The lowest BCUT2D eigenvalue weighted by Crippen LogP contribution is -2.52. The summed E-state index contributed by atoms with van der Waals surface area (Å²) in [6.45, 7) is 1.49. The molecule has 0 radical (unpaired) electrons. The molecule has 2 fully saturated rings. The van der Waals surface area contributed by atoms with Crippen LogP contribution in [0.1, 0.15) is 53.9 Å². The molecule has 178 valence electrons. The summed E-state index contributed by atoms with van der Waals surface area (Å²) in [4.78, 5) is 40.0. The van der Waals surface area contributed by atoms with Crippen molar-refractivity contribution in [2.45, 2.75) is 50.2 Å². The molecule has 0 unspecified atom stereocenters. The van der Waals surface area contributed by atoms with Gasteiger partial charge in [0.05, 0.1) is 12.0 Å². The van der Waals surface area contributed by atoms with Crippen LogP contribution < -0.4 is 10.1 Å². The molecule has 0 spiro atoms. The molecule has 1 atom stereocenters. The summed E-state index contributed by atoms with van der Waals surface area (Å²) in [5, 5.41) is 4.20. The van der Waals surface area contributed by atoms with Crippen LogP contribution in [0.5, 0.6) is 5.75 Å². The fraction of sp³-hybridized carbons (Fsp3) is 0.423. The van der Waals surface area contributed by atoms with Gasteiger partial charge >= 0.3 is 0 Å². The van der Waals surface area contributed by atoms with E-state index >= 15 is 0 Å². The van der Waals surface area contributed by atoms with Gasteiger partial charge in [0.15, 0.2) is 11.9 Å². The smallest absolute Gasteiger partial charge is 0.261 e. The lowest BCUT2D eigenvalue weighted by atomic mass is 9.83. The number of carbonyl (C=O) groups excluding carboxylic acids is 3. The van der Waals surface area contributed by atoms with E-state index in [1.165, 1.54) is 5.56 Å². The van der Waals surface area contributed by atoms with Crippen LogP contribution in [0.25, 0.3) is 0 Å². The van der Waals surface area contributed by atoms with Gasteiger partial charge in [-0.1, -0.05) is 35.3 Å². The molecule has 1 aliphatic carbocycles. The summed E-state index contributed by atoms with van der Waals surface area (Å²) in [5.74, 6) is 0.551. The Labute approximate surface area is 208 Å². The molecule has 8 heteroatoms. The average molecular weight is 501 g/mol. The van der Waals surface area contributed by atoms with Crippen LogP contribution >= 0.6 is 23.2 Å². The number of rotatable bonds is 4. The number of amides is 2. The van der Waals surface area contributed by atoms with Gasteiger partial charge < -0.3 is 15.0 Å². The van der Waals surface area contributed by atoms with E-state index in [1.54, 1.807) is 18.2 Å². The molecule has 2 aromatic rings. The zero-order valence-electron chi connectivity index (χ0n) is 18.6. The minimum atomic E-state index is -0.841. The third-order valence-corrected chi connectivity index (χ3v) is 7.62. The Morgan fingerprint density at radius 1 is 0.941 bits per heavy atom. The lowest BCUT2D eigenvalue weighted by Gasteiger charge is -2.42. The van der Waals surface area contributed by atoms with Gasteiger partial charge in [-0.3, -0.25) is 14.4 Å². The van der Waals surface area contributed by atoms with Gasteiger partial charge in [-0.15, -0.1) is 0 Å². The van der Waals surface area contributed by atoms with E-state index in [4.69, 9.17) is 27.9 Å². The number of carbonyl (C=O) groups is 3. The SMILES string of the molecule is O=C1C[C@H](C(=O)N[C@H]2CC[C@H](C(=O)N3CC(c4ccc(Cl)cc4)C3)CC2)Oc2ccc(Cl)cc21. The van der Waals surface area contributed by atoms with Crippen molar-refractivity contribution in [1.82, 2.24) is 10.2 Å². The van der Waals surface area contributed by atoms with E-state index in [9.17, 15) is 14.4 Å². The second-order valence-electron chi connectivity index (χ2n) is 9.42. The Hall–Kier alpha value is -2.57. The molecule has 1 saturated carbocycles. The average Bonchev–Trinajstić information content (AvgIpc) is 2.80. The Bertz CT molecular complexity index is 1110. The highest BCUT2D eigenvalue weighted by Gasteiger charge is 2.38. The first kappa shape index (κ1) is 23.2. The molecule has 1 saturated heterocycles. The van der Waals surface area contributed by atoms with Crippen molar-refractivity contribution in [1.29, 1.82) is 0 Å². The number of fused-ring (bicyclic) bond motifs is 1. The fourth-order valence-electron chi connectivity index (χ4n) is 5.08. The van der Waals surface area contributed by atoms with Crippen LogP contribution in [0.3, 0.4) is 0 Å². The number of Topliss-reactive ketones (excluding diaryl/α,β-unsaturated/α-hetero) is 1. The second-order valence-corrected chi connectivity index (χ2v) is 10.3. The van der Waals surface area contributed by atoms with Gasteiger partial charge in [-0.25, -0.2) is 0 Å². The van der Waals surface area contributed by atoms with E-state index in [0.29, 0.717) is 22.3 Å². The summed E-state index contributed by atoms with van der Waals surface area (Å²) < 4.78 is 5.77. The van der Waals surface area contributed by atoms with Crippen molar-refractivity contribution in [3.63, 3.8) is 0 Å². The zero-order valence-corrected chi connectivity index (χ0v) is 20.1. The predicted molar refractivity (Wildman–Crippen MR) is 129 cm³/mol. The van der Waals surface area contributed by atoms with Crippen LogP contribution in [0.15, 0.2) is 42.5 Å². The summed E-state index contributed by atoms with van der Waals surface area (Å²) in [5.41, 5.74) is 1.63. The number of ether oxygens (including phenoxy) is 1. The normalized spacial score (nSPS) is 24.6. The fourth-order valence-corrected chi connectivity index (χ4v) is 5.38. The van der Waals surface area contributed by atoms with E-state index in [0.717, 1.165) is 43.8 Å². The van der Waals surface area contributed by atoms with Gasteiger partial charge in [0.1, 0.15) is 5.75 Å². The number of halogens is 2. The summed E-state index contributed by atoms with van der Waals surface area (Å²) in [6.07, 6.45) is 2.13. The molecule has 2 heterocycles. The number of benzene rings is 2. The molecule has 5 rings (SSSR count). The molecule has 3 aliphatic rings. The van der Waals surface area contributed by atoms with Crippen molar-refractivity contribution in [2.75, 3.05) is 13.1 Å². The Balaban J connectivity index is 1.08. The molecule has 6 nitrogen and oxygen atoms in total. The van der Waals surface area contributed by atoms with Crippen LogP contribution in [-0.2, 0) is 9.59 Å². The van der Waals surface area contributed by atoms with E-state index in [1.807, 2.05) is 29.2 Å². The predicted octanol–water partition coefficient (Wildman–Crippen LogP) is 4.63. The minimum Gasteiger partial charge on any atom is -0.479 e.